The summed E-state index contributed by atoms with van der Waals surface area (Å²) in [6.07, 6.45) is 2.00. The number of benzene rings is 1. The molecule has 1 aliphatic rings. The highest BCUT2D eigenvalue weighted by atomic mass is 19.1. The van der Waals surface area contributed by atoms with Crippen molar-refractivity contribution >= 4 is 11.7 Å². The molecule has 0 bridgehead atoms. The Hall–Kier alpha value is -2.67. The number of ether oxygens (including phenoxy) is 2. The Morgan fingerprint density at radius 3 is 2.81 bits per heavy atom. The van der Waals surface area contributed by atoms with Crippen LogP contribution in [0.3, 0.4) is 0 Å². The van der Waals surface area contributed by atoms with Crippen LogP contribution in [0.5, 0.6) is 0 Å². The van der Waals surface area contributed by atoms with E-state index in [0.29, 0.717) is 17.8 Å². The van der Waals surface area contributed by atoms with Gasteiger partial charge in [-0.2, -0.15) is 0 Å². The Balaban J connectivity index is 1.84. The minimum atomic E-state index is -0.740. The van der Waals surface area contributed by atoms with Gasteiger partial charge >= 0.3 is 5.97 Å². The van der Waals surface area contributed by atoms with Gasteiger partial charge < -0.3 is 18.8 Å². The normalized spacial score (nSPS) is 16.7. The van der Waals surface area contributed by atoms with Crippen molar-refractivity contribution in [3.8, 4) is 11.3 Å². The predicted molar refractivity (Wildman–Crippen MR) is 94.0 cm³/mol. The van der Waals surface area contributed by atoms with E-state index in [1.807, 2.05) is 4.90 Å². The van der Waals surface area contributed by atoms with Crippen LogP contribution in [0.2, 0.25) is 0 Å². The topological polar surface area (TPSA) is 69.0 Å². The molecule has 3 rings (SSSR count). The van der Waals surface area contributed by atoms with Crippen LogP contribution >= 0.6 is 0 Å². The molecule has 1 fully saturated rings. The van der Waals surface area contributed by atoms with Crippen LogP contribution in [0.1, 0.15) is 23.7 Å². The molecule has 1 aliphatic heterocycles. The van der Waals surface area contributed by atoms with Crippen molar-refractivity contribution in [3.05, 3.63) is 52.1 Å². The van der Waals surface area contributed by atoms with Gasteiger partial charge in [0.05, 0.1) is 18.4 Å². The molecule has 26 heavy (non-hydrogen) atoms. The Labute approximate surface area is 150 Å². The first-order valence-electron chi connectivity index (χ1n) is 8.41. The first-order valence-corrected chi connectivity index (χ1v) is 8.41. The third-order valence-corrected chi connectivity index (χ3v) is 4.38. The van der Waals surface area contributed by atoms with Crippen LogP contribution in [0.25, 0.3) is 11.3 Å². The lowest BCUT2D eigenvalue weighted by Gasteiger charge is -2.19. The van der Waals surface area contributed by atoms with E-state index in [0.717, 1.165) is 25.3 Å². The molecule has 1 aromatic carbocycles. The van der Waals surface area contributed by atoms with E-state index in [9.17, 15) is 14.0 Å². The standard InChI is InChI=1S/C19H20FNO5/c1-3-25-19(23)14-11-26-18(9-17(14)22)12-4-5-16(15(20)8-12)21-7-6-13(10-21)24-2/h4-5,8-9,11,13H,3,6-7,10H2,1-2H3/t13-/m1/s1. The summed E-state index contributed by atoms with van der Waals surface area (Å²) in [4.78, 5) is 25.7. The van der Waals surface area contributed by atoms with Crippen LogP contribution in [0.15, 0.2) is 39.7 Å². The van der Waals surface area contributed by atoms with Crippen molar-refractivity contribution in [3.63, 3.8) is 0 Å². The molecule has 7 heteroatoms. The number of rotatable bonds is 5. The molecule has 0 radical (unpaired) electrons. The summed E-state index contributed by atoms with van der Waals surface area (Å²) in [5.74, 6) is -0.961. The van der Waals surface area contributed by atoms with Gasteiger partial charge in [0, 0.05) is 31.8 Å². The predicted octanol–water partition coefficient (Wildman–Crippen LogP) is 2.85. The Kier molecular flexibility index (Phi) is 5.37. The lowest BCUT2D eigenvalue weighted by atomic mass is 10.1. The van der Waals surface area contributed by atoms with Gasteiger partial charge in [-0.05, 0) is 31.5 Å². The number of hydrogen-bond donors (Lipinski definition) is 0. The van der Waals surface area contributed by atoms with Crippen LogP contribution in [0.4, 0.5) is 10.1 Å². The number of anilines is 1. The van der Waals surface area contributed by atoms with Crippen molar-refractivity contribution in [1.29, 1.82) is 0 Å². The van der Waals surface area contributed by atoms with E-state index in [-0.39, 0.29) is 24.0 Å². The van der Waals surface area contributed by atoms with Crippen molar-refractivity contribution < 1.29 is 23.1 Å². The van der Waals surface area contributed by atoms with E-state index in [2.05, 4.69) is 0 Å². The van der Waals surface area contributed by atoms with Gasteiger partial charge in [-0.3, -0.25) is 4.79 Å². The van der Waals surface area contributed by atoms with Crippen molar-refractivity contribution in [2.45, 2.75) is 19.4 Å². The van der Waals surface area contributed by atoms with Gasteiger partial charge in [0.1, 0.15) is 23.4 Å². The number of carbonyl (C=O) groups is 1. The summed E-state index contributed by atoms with van der Waals surface area (Å²) in [6.45, 7) is 3.16. The fourth-order valence-electron chi connectivity index (χ4n) is 2.98. The molecular weight excluding hydrogens is 341 g/mol. The fourth-order valence-corrected chi connectivity index (χ4v) is 2.98. The first kappa shape index (κ1) is 18.1. The van der Waals surface area contributed by atoms with Gasteiger partial charge in [0.2, 0.25) is 0 Å². The molecule has 0 N–H and O–H groups in total. The highest BCUT2D eigenvalue weighted by molar-refractivity contribution is 5.89. The Bertz CT molecular complexity index is 863. The third-order valence-electron chi connectivity index (χ3n) is 4.38. The zero-order valence-corrected chi connectivity index (χ0v) is 14.7. The average molecular weight is 361 g/mol. The van der Waals surface area contributed by atoms with Gasteiger partial charge in [0.15, 0.2) is 5.43 Å². The van der Waals surface area contributed by atoms with Gasteiger partial charge in [-0.25, -0.2) is 9.18 Å². The Morgan fingerprint density at radius 2 is 2.19 bits per heavy atom. The lowest BCUT2D eigenvalue weighted by molar-refractivity contribution is 0.0522. The number of hydrogen-bond acceptors (Lipinski definition) is 6. The van der Waals surface area contributed by atoms with Crippen molar-refractivity contribution in [2.75, 3.05) is 31.7 Å². The van der Waals surface area contributed by atoms with Gasteiger partial charge in [-0.15, -0.1) is 0 Å². The third kappa shape index (κ3) is 3.62. The van der Waals surface area contributed by atoms with E-state index in [4.69, 9.17) is 13.9 Å². The summed E-state index contributed by atoms with van der Waals surface area (Å²) in [7, 11) is 1.65. The zero-order chi connectivity index (χ0) is 18.7. The average Bonchev–Trinajstić information content (AvgIpc) is 3.10. The highest BCUT2D eigenvalue weighted by Gasteiger charge is 2.24. The number of carbonyl (C=O) groups excluding carboxylic acids is 1. The minimum absolute atomic E-state index is 0.0996. The maximum Gasteiger partial charge on any atom is 0.345 e. The molecule has 1 aromatic heterocycles. The monoisotopic (exact) mass is 361 g/mol. The largest absolute Gasteiger partial charge is 0.463 e. The molecule has 138 valence electrons. The summed E-state index contributed by atoms with van der Waals surface area (Å²) in [6, 6.07) is 5.82. The van der Waals surface area contributed by atoms with Crippen LogP contribution in [-0.2, 0) is 9.47 Å². The summed E-state index contributed by atoms with van der Waals surface area (Å²) < 4.78 is 30.0. The molecule has 0 spiro atoms. The smallest absolute Gasteiger partial charge is 0.345 e. The van der Waals surface area contributed by atoms with Gasteiger partial charge in [-0.1, -0.05) is 0 Å². The van der Waals surface area contributed by atoms with Crippen molar-refractivity contribution in [2.24, 2.45) is 0 Å². The van der Waals surface area contributed by atoms with E-state index >= 15 is 0 Å². The molecule has 0 saturated carbocycles. The maximum absolute atomic E-state index is 14.6. The minimum Gasteiger partial charge on any atom is -0.463 e. The first-order chi connectivity index (χ1) is 12.5. The van der Waals surface area contributed by atoms with Crippen LogP contribution in [-0.4, -0.2) is 38.9 Å². The summed E-state index contributed by atoms with van der Waals surface area (Å²) in [5, 5.41) is 0. The second-order valence-electron chi connectivity index (χ2n) is 6.00. The molecule has 0 aliphatic carbocycles. The van der Waals surface area contributed by atoms with E-state index < -0.39 is 17.2 Å². The SMILES string of the molecule is CCOC(=O)c1coc(-c2ccc(N3CC[C@@H](OC)C3)c(F)c2)cc1=O. The molecule has 2 aromatic rings. The number of nitrogens with zero attached hydrogens (tertiary/aromatic N) is 1. The van der Waals surface area contributed by atoms with E-state index in [1.165, 1.54) is 6.07 Å². The second kappa shape index (κ2) is 7.70. The zero-order valence-electron chi connectivity index (χ0n) is 14.7. The number of esters is 1. The van der Waals surface area contributed by atoms with Gasteiger partial charge in [0.25, 0.3) is 0 Å². The number of methoxy groups -OCH3 is 1. The molecule has 2 heterocycles. The highest BCUT2D eigenvalue weighted by Crippen LogP contribution is 2.29. The summed E-state index contributed by atoms with van der Waals surface area (Å²) in [5.41, 5.74) is 0.187. The molecular formula is C19H20FNO5. The molecule has 1 atom stereocenters. The lowest BCUT2D eigenvalue weighted by Crippen LogP contribution is -2.23. The van der Waals surface area contributed by atoms with Crippen LogP contribution < -0.4 is 10.3 Å². The molecule has 1 saturated heterocycles. The Morgan fingerprint density at radius 1 is 1.38 bits per heavy atom. The quantitative estimate of drug-likeness (QED) is 0.763. The second-order valence-corrected chi connectivity index (χ2v) is 6.00. The fraction of sp³-hybridized carbons (Fsp3) is 0.368. The van der Waals surface area contributed by atoms with Crippen molar-refractivity contribution in [1.82, 2.24) is 0 Å². The molecule has 6 nitrogen and oxygen atoms in total. The molecule has 0 unspecified atom stereocenters. The molecule has 0 amide bonds. The maximum atomic E-state index is 14.6. The van der Waals surface area contributed by atoms with Crippen LogP contribution in [0, 0.1) is 5.82 Å². The summed E-state index contributed by atoms with van der Waals surface area (Å²) >= 11 is 0. The number of halogens is 1. The van der Waals surface area contributed by atoms with E-state index in [1.54, 1.807) is 26.2 Å².